The fourth-order valence-corrected chi connectivity index (χ4v) is 9.47. The predicted molar refractivity (Wildman–Crippen MR) is 216 cm³/mol. The van der Waals surface area contributed by atoms with E-state index in [0.29, 0.717) is 17.9 Å². The fraction of sp³-hybridized carbons (Fsp3) is 0.708. The first-order valence-electron chi connectivity index (χ1n) is 21.1. The van der Waals surface area contributed by atoms with Crippen LogP contribution in [0.15, 0.2) is 82.4 Å². The van der Waals surface area contributed by atoms with Gasteiger partial charge in [-0.2, -0.15) is 0 Å². The lowest BCUT2D eigenvalue weighted by Crippen LogP contribution is -2.35. The van der Waals surface area contributed by atoms with E-state index in [9.17, 15) is 0 Å². The van der Waals surface area contributed by atoms with Crippen LogP contribution in [-0.2, 0) is 14.2 Å². The highest BCUT2D eigenvalue weighted by Crippen LogP contribution is 2.49. The standard InChI is InChI=1S/C48H74O3/c1-11-47(12-2,50-43-27-21-40(22-28-43)45(7,8)38-17-15-35(5)16-18-38)31-32-49-42-25-19-39(20-26-42)46(9,10)41-23-29-44(30-24-41)51-48(13-3,14-4)34-37-33-36(37)6/h15,17,19,21,27,29,37,41-42H,6,11-14,16,18,20,22-26,28,30-34H2,1-5,7-10H3. The molecule has 5 aliphatic rings. The van der Waals surface area contributed by atoms with Crippen molar-refractivity contribution in [1.82, 2.24) is 0 Å². The highest BCUT2D eigenvalue weighted by Gasteiger charge is 2.41. The number of ether oxygens (including phenoxy) is 3. The molecule has 0 aromatic heterocycles. The van der Waals surface area contributed by atoms with Crippen LogP contribution in [0, 0.1) is 22.7 Å². The first kappa shape index (κ1) is 39.9. The van der Waals surface area contributed by atoms with E-state index >= 15 is 0 Å². The van der Waals surface area contributed by atoms with E-state index in [0.717, 1.165) is 95.8 Å². The molecular weight excluding hydrogens is 625 g/mol. The van der Waals surface area contributed by atoms with Crippen molar-refractivity contribution in [3.05, 3.63) is 82.4 Å². The normalized spacial score (nSPS) is 24.9. The molecule has 0 aromatic carbocycles. The van der Waals surface area contributed by atoms with E-state index in [2.05, 4.69) is 105 Å². The predicted octanol–water partition coefficient (Wildman–Crippen LogP) is 14.0. The van der Waals surface area contributed by atoms with Gasteiger partial charge in [0.05, 0.1) is 24.2 Å². The largest absolute Gasteiger partial charge is 0.492 e. The molecule has 3 heteroatoms. The molecule has 0 aromatic rings. The summed E-state index contributed by atoms with van der Waals surface area (Å²) in [5.74, 6) is 3.73. The zero-order valence-corrected chi connectivity index (χ0v) is 34.4. The summed E-state index contributed by atoms with van der Waals surface area (Å²) in [5.41, 5.74) is 7.78. The fourth-order valence-electron chi connectivity index (χ4n) is 9.47. The molecule has 51 heavy (non-hydrogen) atoms. The van der Waals surface area contributed by atoms with Gasteiger partial charge in [0.2, 0.25) is 0 Å². The van der Waals surface area contributed by atoms with Crippen molar-refractivity contribution in [2.24, 2.45) is 22.7 Å². The molecule has 0 saturated heterocycles. The topological polar surface area (TPSA) is 27.7 Å². The first-order valence-corrected chi connectivity index (χ1v) is 21.1. The van der Waals surface area contributed by atoms with Crippen LogP contribution in [0.5, 0.6) is 0 Å². The lowest BCUT2D eigenvalue weighted by atomic mass is 9.66. The Morgan fingerprint density at radius 3 is 1.84 bits per heavy atom. The lowest BCUT2D eigenvalue weighted by molar-refractivity contribution is -0.0504. The van der Waals surface area contributed by atoms with Gasteiger partial charge in [0.15, 0.2) is 0 Å². The zero-order chi connectivity index (χ0) is 36.9. The van der Waals surface area contributed by atoms with Gasteiger partial charge in [0.25, 0.3) is 0 Å². The van der Waals surface area contributed by atoms with Crippen molar-refractivity contribution in [2.75, 3.05) is 6.61 Å². The molecule has 0 amide bonds. The van der Waals surface area contributed by atoms with E-state index in [1.165, 1.54) is 48.2 Å². The van der Waals surface area contributed by atoms with Crippen molar-refractivity contribution in [1.29, 1.82) is 0 Å². The van der Waals surface area contributed by atoms with E-state index in [4.69, 9.17) is 14.2 Å². The van der Waals surface area contributed by atoms with Crippen LogP contribution in [0.1, 0.15) is 171 Å². The Morgan fingerprint density at radius 1 is 0.686 bits per heavy atom. The second-order valence-corrected chi connectivity index (χ2v) is 18.0. The number of allylic oxidation sites excluding steroid dienone is 12. The van der Waals surface area contributed by atoms with Crippen LogP contribution in [0.2, 0.25) is 0 Å². The van der Waals surface area contributed by atoms with E-state index < -0.39 is 0 Å². The van der Waals surface area contributed by atoms with Crippen LogP contribution >= 0.6 is 0 Å². The Labute approximate surface area is 313 Å². The van der Waals surface area contributed by atoms with Crippen LogP contribution in [0.3, 0.4) is 0 Å². The summed E-state index contributed by atoms with van der Waals surface area (Å²) >= 11 is 0. The number of hydrogen-bond donors (Lipinski definition) is 0. The third-order valence-corrected chi connectivity index (χ3v) is 14.4. The SMILES string of the molecule is C=C1CC1CC(CC)(CC)OC1=CCC(C(C)(C)C2=CCC(OCCC(CC)(CC)OC3=CC=C(C(C)(C)C4=CC=C(C)CC4)CC3)CC2)CC1. The summed E-state index contributed by atoms with van der Waals surface area (Å²) in [4.78, 5) is 0. The van der Waals surface area contributed by atoms with Crippen molar-refractivity contribution in [3.8, 4) is 0 Å². The molecule has 0 radical (unpaired) electrons. The Morgan fingerprint density at radius 2 is 1.33 bits per heavy atom. The molecule has 3 unspecified atom stereocenters. The summed E-state index contributed by atoms with van der Waals surface area (Å²) < 4.78 is 20.3. The van der Waals surface area contributed by atoms with Gasteiger partial charge in [-0.15, -0.1) is 0 Å². The minimum atomic E-state index is -0.157. The second-order valence-electron chi connectivity index (χ2n) is 18.0. The lowest BCUT2D eigenvalue weighted by Gasteiger charge is -2.42. The molecule has 0 bridgehead atoms. The maximum Gasteiger partial charge on any atom is 0.110 e. The van der Waals surface area contributed by atoms with E-state index in [1.807, 2.05) is 0 Å². The van der Waals surface area contributed by atoms with Crippen molar-refractivity contribution in [2.45, 2.75) is 189 Å². The summed E-state index contributed by atoms with van der Waals surface area (Å²) in [7, 11) is 0. The molecule has 1 fully saturated rings. The average molecular weight is 699 g/mol. The van der Waals surface area contributed by atoms with Gasteiger partial charge in [-0.05, 0) is 126 Å². The van der Waals surface area contributed by atoms with E-state index in [-0.39, 0.29) is 22.0 Å². The minimum absolute atomic E-state index is 0.0187. The molecule has 0 spiro atoms. The second kappa shape index (κ2) is 16.8. The zero-order valence-electron chi connectivity index (χ0n) is 34.4. The molecule has 284 valence electrons. The minimum Gasteiger partial charge on any atom is -0.492 e. The quantitative estimate of drug-likeness (QED) is 0.133. The molecule has 0 heterocycles. The Kier molecular flexibility index (Phi) is 13.2. The molecule has 1 saturated carbocycles. The van der Waals surface area contributed by atoms with Crippen LogP contribution in [-0.4, -0.2) is 23.9 Å². The molecular formula is C48H74O3. The molecule has 3 atom stereocenters. The average Bonchev–Trinajstić information content (AvgIpc) is 3.84. The third-order valence-electron chi connectivity index (χ3n) is 14.4. The van der Waals surface area contributed by atoms with Gasteiger partial charge < -0.3 is 14.2 Å². The number of rotatable bonds is 18. The van der Waals surface area contributed by atoms with Gasteiger partial charge >= 0.3 is 0 Å². The molecule has 3 nitrogen and oxygen atoms in total. The Bertz CT molecular complexity index is 1420. The van der Waals surface area contributed by atoms with E-state index in [1.54, 1.807) is 11.1 Å². The van der Waals surface area contributed by atoms with Gasteiger partial charge in [0.1, 0.15) is 11.2 Å². The first-order chi connectivity index (χ1) is 24.3. The summed E-state index contributed by atoms with van der Waals surface area (Å²) in [6, 6.07) is 0. The summed E-state index contributed by atoms with van der Waals surface area (Å²) in [6.07, 6.45) is 33.2. The molecule has 0 N–H and O–H groups in total. The molecule has 5 rings (SSSR count). The van der Waals surface area contributed by atoms with Crippen molar-refractivity contribution in [3.63, 3.8) is 0 Å². The van der Waals surface area contributed by atoms with Crippen molar-refractivity contribution >= 4 is 0 Å². The Hall–Kier alpha value is -2.26. The monoisotopic (exact) mass is 699 g/mol. The van der Waals surface area contributed by atoms with Crippen molar-refractivity contribution < 1.29 is 14.2 Å². The van der Waals surface area contributed by atoms with Gasteiger partial charge in [-0.1, -0.05) is 114 Å². The third kappa shape index (κ3) is 9.65. The van der Waals surface area contributed by atoms with Gasteiger partial charge in [-0.25, -0.2) is 0 Å². The maximum atomic E-state index is 6.87. The van der Waals surface area contributed by atoms with Crippen LogP contribution in [0.4, 0.5) is 0 Å². The van der Waals surface area contributed by atoms with Crippen LogP contribution < -0.4 is 0 Å². The maximum absolute atomic E-state index is 6.87. The molecule has 5 aliphatic carbocycles. The summed E-state index contributed by atoms with van der Waals surface area (Å²) in [5, 5.41) is 0. The van der Waals surface area contributed by atoms with Gasteiger partial charge in [0, 0.05) is 24.7 Å². The van der Waals surface area contributed by atoms with Gasteiger partial charge in [-0.3, -0.25) is 0 Å². The van der Waals surface area contributed by atoms with Crippen LogP contribution in [0.25, 0.3) is 0 Å². The highest BCUT2D eigenvalue weighted by atomic mass is 16.5. The summed E-state index contributed by atoms with van der Waals surface area (Å²) in [6.45, 7) is 26.2. The number of hydrogen-bond acceptors (Lipinski definition) is 3. The highest BCUT2D eigenvalue weighted by molar-refractivity contribution is 5.37. The smallest absolute Gasteiger partial charge is 0.110 e. The molecule has 0 aliphatic heterocycles. The Balaban J connectivity index is 1.10.